The Bertz CT molecular complexity index is 880. The minimum Gasteiger partial charge on any atom is -0.481 e. The van der Waals surface area contributed by atoms with Gasteiger partial charge in [-0.25, -0.2) is 13.4 Å². The number of aryl methyl sites for hydroxylation is 1. The lowest BCUT2D eigenvalue weighted by molar-refractivity contribution is -0.130. The topological polar surface area (TPSA) is 107 Å². The monoisotopic (exact) mass is 425 g/mol. The lowest BCUT2D eigenvalue weighted by atomic mass is 9.97. The van der Waals surface area contributed by atoms with Crippen LogP contribution in [0.15, 0.2) is 12.3 Å². The number of pyridine rings is 1. The third-order valence-corrected chi connectivity index (χ3v) is 7.49. The number of rotatable bonds is 5. The van der Waals surface area contributed by atoms with Crippen molar-refractivity contribution in [2.24, 2.45) is 0 Å². The molecule has 10 heteroatoms. The summed E-state index contributed by atoms with van der Waals surface area (Å²) in [6, 6.07) is 1.77. The van der Waals surface area contributed by atoms with Crippen molar-refractivity contribution in [1.29, 1.82) is 0 Å². The Labute approximate surface area is 170 Å². The van der Waals surface area contributed by atoms with Gasteiger partial charge in [-0.05, 0) is 18.6 Å². The second-order valence-electron chi connectivity index (χ2n) is 8.20. The predicted molar refractivity (Wildman–Crippen MR) is 104 cm³/mol. The van der Waals surface area contributed by atoms with Crippen LogP contribution >= 0.6 is 0 Å². The smallest absolute Gasteiger partial charge is 0.249 e. The number of nitrogens with one attached hydrogen (secondary N) is 1. The molecule has 2 atom stereocenters. The quantitative estimate of drug-likeness (QED) is 0.684. The highest BCUT2D eigenvalue weighted by Crippen LogP contribution is 2.32. The van der Waals surface area contributed by atoms with E-state index in [9.17, 15) is 13.2 Å². The molecular formula is C19H27N3O6S. The van der Waals surface area contributed by atoms with E-state index in [4.69, 9.17) is 14.2 Å². The second-order valence-corrected chi connectivity index (χ2v) is 10.4. The molecule has 9 nitrogen and oxygen atoms in total. The van der Waals surface area contributed by atoms with Crippen LogP contribution in [0.1, 0.15) is 17.5 Å². The number of ether oxygens (including phenoxy) is 3. The van der Waals surface area contributed by atoms with Crippen LogP contribution in [0, 0.1) is 6.92 Å². The van der Waals surface area contributed by atoms with Gasteiger partial charge in [-0.15, -0.1) is 0 Å². The number of nitrogens with zero attached hydrogens (tertiary/aromatic N) is 2. The van der Waals surface area contributed by atoms with Crippen LogP contribution in [-0.4, -0.2) is 86.9 Å². The molecule has 0 aliphatic carbocycles. The van der Waals surface area contributed by atoms with Crippen molar-refractivity contribution in [2.45, 2.75) is 37.6 Å². The first-order valence-electron chi connectivity index (χ1n) is 9.76. The standard InChI is InChI=1S/C19H27N3O6S/c1-13-5-14(7-20-18(13)26-2)8-22-3-4-28-19(11-22)6-16(27-12-19)17(23)21-15-9-29(24,25)10-15/h5,7,15-16H,3-4,6,8-12H2,1-2H3,(H,21,23)/t16-,19-/m0/s1. The van der Waals surface area contributed by atoms with E-state index >= 15 is 0 Å². The predicted octanol–water partition coefficient (Wildman–Crippen LogP) is -0.328. The molecule has 0 radical (unpaired) electrons. The lowest BCUT2D eigenvalue weighted by Gasteiger charge is -2.39. The van der Waals surface area contributed by atoms with Crippen molar-refractivity contribution in [2.75, 3.05) is 44.9 Å². The Hall–Kier alpha value is -1.75. The van der Waals surface area contributed by atoms with Crippen LogP contribution in [-0.2, 0) is 30.7 Å². The van der Waals surface area contributed by atoms with E-state index in [1.807, 2.05) is 13.1 Å². The zero-order valence-electron chi connectivity index (χ0n) is 16.7. The van der Waals surface area contributed by atoms with Crippen LogP contribution in [0.4, 0.5) is 0 Å². The Morgan fingerprint density at radius 2 is 2.24 bits per heavy atom. The van der Waals surface area contributed by atoms with Crippen molar-refractivity contribution < 1.29 is 27.4 Å². The van der Waals surface area contributed by atoms with Gasteiger partial charge < -0.3 is 19.5 Å². The molecule has 4 heterocycles. The van der Waals surface area contributed by atoms with Gasteiger partial charge in [0.25, 0.3) is 0 Å². The van der Waals surface area contributed by atoms with Gasteiger partial charge in [0.15, 0.2) is 9.84 Å². The molecule has 160 valence electrons. The molecule has 1 aromatic rings. The van der Waals surface area contributed by atoms with Crippen LogP contribution < -0.4 is 10.1 Å². The average Bonchev–Trinajstić information content (AvgIpc) is 3.04. The number of carbonyl (C=O) groups is 1. The summed E-state index contributed by atoms with van der Waals surface area (Å²) in [6.07, 6.45) is 1.68. The van der Waals surface area contributed by atoms with Gasteiger partial charge in [-0.2, -0.15) is 0 Å². The Morgan fingerprint density at radius 3 is 2.93 bits per heavy atom. The third-order valence-electron chi connectivity index (χ3n) is 5.67. The zero-order chi connectivity index (χ0) is 20.6. The minimum absolute atomic E-state index is 0.0101. The maximum atomic E-state index is 12.4. The van der Waals surface area contributed by atoms with E-state index in [1.165, 1.54) is 0 Å². The van der Waals surface area contributed by atoms with E-state index in [0.717, 1.165) is 24.2 Å². The molecule has 3 fully saturated rings. The fraction of sp³-hybridized carbons (Fsp3) is 0.684. The maximum absolute atomic E-state index is 12.4. The van der Waals surface area contributed by atoms with Gasteiger partial charge in [-0.1, -0.05) is 0 Å². The van der Waals surface area contributed by atoms with Crippen molar-refractivity contribution in [1.82, 2.24) is 15.2 Å². The molecule has 3 aliphatic rings. The highest BCUT2D eigenvalue weighted by Gasteiger charge is 2.47. The number of methoxy groups -OCH3 is 1. The molecule has 1 aromatic heterocycles. The van der Waals surface area contributed by atoms with E-state index in [-0.39, 0.29) is 23.5 Å². The van der Waals surface area contributed by atoms with Crippen molar-refractivity contribution in [3.63, 3.8) is 0 Å². The maximum Gasteiger partial charge on any atom is 0.249 e. The molecule has 1 amide bonds. The number of hydrogen-bond acceptors (Lipinski definition) is 8. The summed E-state index contributed by atoms with van der Waals surface area (Å²) >= 11 is 0. The summed E-state index contributed by atoms with van der Waals surface area (Å²) < 4.78 is 39.5. The normalized spacial score (nSPS) is 29.5. The van der Waals surface area contributed by atoms with Gasteiger partial charge in [0.05, 0.1) is 37.9 Å². The summed E-state index contributed by atoms with van der Waals surface area (Å²) in [6.45, 7) is 5.09. The number of aromatic nitrogens is 1. The molecule has 0 bridgehead atoms. The molecule has 0 unspecified atom stereocenters. The molecule has 4 rings (SSSR count). The fourth-order valence-corrected chi connectivity index (χ4v) is 5.56. The lowest BCUT2D eigenvalue weighted by Crippen LogP contribution is -2.55. The Kier molecular flexibility index (Phi) is 5.54. The molecule has 0 aromatic carbocycles. The fourth-order valence-electron chi connectivity index (χ4n) is 4.27. The number of morpholine rings is 1. The second kappa shape index (κ2) is 7.82. The summed E-state index contributed by atoms with van der Waals surface area (Å²) in [5, 5.41) is 2.77. The number of amides is 1. The van der Waals surface area contributed by atoms with Crippen LogP contribution in [0.5, 0.6) is 5.88 Å². The van der Waals surface area contributed by atoms with Crippen molar-refractivity contribution in [3.05, 3.63) is 23.4 Å². The highest BCUT2D eigenvalue weighted by molar-refractivity contribution is 7.92. The minimum atomic E-state index is -2.97. The van der Waals surface area contributed by atoms with E-state index < -0.39 is 21.5 Å². The van der Waals surface area contributed by atoms with Crippen molar-refractivity contribution >= 4 is 15.7 Å². The summed E-state index contributed by atoms with van der Waals surface area (Å²) in [4.78, 5) is 19.1. The summed E-state index contributed by atoms with van der Waals surface area (Å²) in [5.74, 6) is 0.397. The SMILES string of the molecule is COc1ncc(CN2CCO[C@]3(CO[C@H](C(=O)NC4CS(=O)(=O)C4)C3)C2)cc1C. The van der Waals surface area contributed by atoms with Gasteiger partial charge in [0.2, 0.25) is 11.8 Å². The average molecular weight is 426 g/mol. The number of sulfone groups is 1. The van der Waals surface area contributed by atoms with Crippen LogP contribution in [0.25, 0.3) is 0 Å². The van der Waals surface area contributed by atoms with Crippen LogP contribution in [0.3, 0.4) is 0 Å². The molecule has 0 saturated carbocycles. The van der Waals surface area contributed by atoms with Crippen LogP contribution in [0.2, 0.25) is 0 Å². The Morgan fingerprint density at radius 1 is 1.45 bits per heavy atom. The molecule has 3 saturated heterocycles. The molecular weight excluding hydrogens is 398 g/mol. The van der Waals surface area contributed by atoms with E-state index in [1.54, 1.807) is 7.11 Å². The summed E-state index contributed by atoms with van der Waals surface area (Å²) in [5.41, 5.74) is 1.58. The Balaban J connectivity index is 1.33. The van der Waals surface area contributed by atoms with Gasteiger partial charge in [0, 0.05) is 37.8 Å². The van der Waals surface area contributed by atoms with E-state index in [2.05, 4.69) is 21.3 Å². The van der Waals surface area contributed by atoms with Gasteiger partial charge in [-0.3, -0.25) is 9.69 Å². The first kappa shape index (κ1) is 20.5. The van der Waals surface area contributed by atoms with Gasteiger partial charge in [0.1, 0.15) is 11.7 Å². The van der Waals surface area contributed by atoms with Gasteiger partial charge >= 0.3 is 0 Å². The molecule has 29 heavy (non-hydrogen) atoms. The largest absolute Gasteiger partial charge is 0.481 e. The zero-order valence-corrected chi connectivity index (χ0v) is 17.5. The molecule has 3 aliphatic heterocycles. The number of hydrogen-bond donors (Lipinski definition) is 1. The molecule has 1 N–H and O–H groups in total. The number of carbonyl (C=O) groups excluding carboxylic acids is 1. The molecule has 1 spiro atoms. The first-order valence-corrected chi connectivity index (χ1v) is 11.6. The van der Waals surface area contributed by atoms with Crippen molar-refractivity contribution in [3.8, 4) is 5.88 Å². The first-order chi connectivity index (χ1) is 13.8. The van der Waals surface area contributed by atoms with E-state index in [0.29, 0.717) is 32.1 Å². The highest BCUT2D eigenvalue weighted by atomic mass is 32.2. The summed E-state index contributed by atoms with van der Waals surface area (Å²) in [7, 11) is -1.36. The third kappa shape index (κ3) is 4.55.